The van der Waals surface area contributed by atoms with Gasteiger partial charge in [0.1, 0.15) is 0 Å². The quantitative estimate of drug-likeness (QED) is 0.743. The molecule has 0 spiro atoms. The molecule has 1 atom stereocenters. The van der Waals surface area contributed by atoms with E-state index in [-0.39, 0.29) is 10.8 Å². The summed E-state index contributed by atoms with van der Waals surface area (Å²) in [4.78, 5) is 12.3. The largest absolute Gasteiger partial charge is 0.348 e. The van der Waals surface area contributed by atoms with Crippen molar-refractivity contribution in [1.29, 1.82) is 0 Å². The van der Waals surface area contributed by atoms with Crippen molar-refractivity contribution < 1.29 is 13.2 Å². The van der Waals surface area contributed by atoms with E-state index in [1.807, 2.05) is 24.3 Å². The fraction of sp³-hybridized carbons (Fsp3) is 0.316. The Kier molecular flexibility index (Phi) is 5.70. The van der Waals surface area contributed by atoms with E-state index < -0.39 is 10.0 Å². The Labute approximate surface area is 153 Å². The standard InChI is InChI=1S/C19H23N3O3S/c20-26(24,25)18-9-3-14(4-10-18)12-22-19(23)16-7-5-15(6-8-16)17-2-1-11-21-13-17/h3-10,17,21H,1-2,11-13H2,(H,22,23)(H2,20,24,25). The zero-order chi connectivity index (χ0) is 18.6. The zero-order valence-electron chi connectivity index (χ0n) is 14.4. The first-order chi connectivity index (χ1) is 12.4. The van der Waals surface area contributed by atoms with Crippen LogP contribution in [0.5, 0.6) is 0 Å². The fourth-order valence-electron chi connectivity index (χ4n) is 3.12. The Morgan fingerprint density at radius 3 is 2.38 bits per heavy atom. The smallest absolute Gasteiger partial charge is 0.251 e. The number of nitrogens with one attached hydrogen (secondary N) is 2. The molecule has 1 unspecified atom stereocenters. The average Bonchev–Trinajstić information content (AvgIpc) is 2.66. The molecule has 1 aliphatic heterocycles. The van der Waals surface area contributed by atoms with Gasteiger partial charge in [0.2, 0.25) is 10.0 Å². The minimum atomic E-state index is -3.70. The monoisotopic (exact) mass is 373 g/mol. The van der Waals surface area contributed by atoms with E-state index in [1.54, 1.807) is 12.1 Å². The number of piperidine rings is 1. The molecule has 7 heteroatoms. The van der Waals surface area contributed by atoms with Crippen molar-refractivity contribution in [2.45, 2.75) is 30.2 Å². The molecule has 2 aromatic rings. The summed E-state index contributed by atoms with van der Waals surface area (Å²) in [6, 6.07) is 13.9. The number of rotatable bonds is 5. The van der Waals surface area contributed by atoms with Crippen molar-refractivity contribution in [1.82, 2.24) is 10.6 Å². The minimum Gasteiger partial charge on any atom is -0.348 e. The molecule has 1 heterocycles. The minimum absolute atomic E-state index is 0.0559. The molecule has 3 rings (SSSR count). The lowest BCUT2D eigenvalue weighted by molar-refractivity contribution is 0.0951. The van der Waals surface area contributed by atoms with Gasteiger partial charge in [-0.05, 0) is 60.7 Å². The molecule has 0 aliphatic carbocycles. The van der Waals surface area contributed by atoms with Crippen molar-refractivity contribution in [2.75, 3.05) is 13.1 Å². The molecule has 26 heavy (non-hydrogen) atoms. The number of amides is 1. The first kappa shape index (κ1) is 18.6. The van der Waals surface area contributed by atoms with Crippen molar-refractivity contribution >= 4 is 15.9 Å². The molecule has 2 aromatic carbocycles. The van der Waals surface area contributed by atoms with E-state index >= 15 is 0 Å². The first-order valence-corrected chi connectivity index (χ1v) is 10.2. The number of hydrogen-bond donors (Lipinski definition) is 3. The molecule has 1 aliphatic rings. The highest BCUT2D eigenvalue weighted by molar-refractivity contribution is 7.89. The molecule has 1 amide bonds. The lowest BCUT2D eigenvalue weighted by Crippen LogP contribution is -2.28. The molecule has 138 valence electrons. The van der Waals surface area contributed by atoms with Gasteiger partial charge < -0.3 is 10.6 Å². The zero-order valence-corrected chi connectivity index (χ0v) is 15.3. The Hall–Kier alpha value is -2.22. The summed E-state index contributed by atoms with van der Waals surface area (Å²) in [5, 5.41) is 11.3. The van der Waals surface area contributed by atoms with E-state index in [9.17, 15) is 13.2 Å². The normalized spacial score (nSPS) is 17.7. The predicted molar refractivity (Wildman–Crippen MR) is 100 cm³/mol. The van der Waals surface area contributed by atoms with Gasteiger partial charge in [-0.3, -0.25) is 4.79 Å². The van der Waals surface area contributed by atoms with E-state index in [0.717, 1.165) is 18.7 Å². The van der Waals surface area contributed by atoms with Gasteiger partial charge in [-0.2, -0.15) is 0 Å². The maximum Gasteiger partial charge on any atom is 0.251 e. The van der Waals surface area contributed by atoms with Crippen LogP contribution in [0.2, 0.25) is 0 Å². The van der Waals surface area contributed by atoms with E-state index in [1.165, 1.54) is 30.5 Å². The lowest BCUT2D eigenvalue weighted by Gasteiger charge is -2.23. The summed E-state index contributed by atoms with van der Waals surface area (Å²) in [5.41, 5.74) is 2.67. The van der Waals surface area contributed by atoms with Crippen molar-refractivity contribution in [3.63, 3.8) is 0 Å². The number of nitrogens with two attached hydrogens (primary N) is 1. The van der Waals surface area contributed by atoms with Crippen LogP contribution in [0.1, 0.15) is 40.2 Å². The summed E-state index contributed by atoms with van der Waals surface area (Å²) in [6.07, 6.45) is 2.35. The van der Waals surface area contributed by atoms with Crippen LogP contribution in [0, 0.1) is 0 Å². The van der Waals surface area contributed by atoms with Crippen LogP contribution in [0.15, 0.2) is 53.4 Å². The Balaban J connectivity index is 1.57. The maximum absolute atomic E-state index is 12.3. The van der Waals surface area contributed by atoms with Crippen LogP contribution < -0.4 is 15.8 Å². The maximum atomic E-state index is 12.3. The molecular weight excluding hydrogens is 350 g/mol. The molecule has 0 aromatic heterocycles. The number of primary sulfonamides is 1. The average molecular weight is 373 g/mol. The number of carbonyl (C=O) groups is 1. The molecule has 0 saturated carbocycles. The molecule has 1 fully saturated rings. The lowest BCUT2D eigenvalue weighted by atomic mass is 9.91. The second kappa shape index (κ2) is 7.99. The summed E-state index contributed by atoms with van der Waals surface area (Å²) in [6.45, 7) is 2.38. The van der Waals surface area contributed by atoms with Gasteiger partial charge in [0.15, 0.2) is 0 Å². The van der Waals surface area contributed by atoms with Gasteiger partial charge >= 0.3 is 0 Å². The number of sulfonamides is 1. The molecule has 0 radical (unpaired) electrons. The van der Waals surface area contributed by atoms with Crippen LogP contribution in [-0.4, -0.2) is 27.4 Å². The molecule has 6 nitrogen and oxygen atoms in total. The number of hydrogen-bond acceptors (Lipinski definition) is 4. The Morgan fingerprint density at radius 2 is 1.81 bits per heavy atom. The number of carbonyl (C=O) groups excluding carboxylic acids is 1. The van der Waals surface area contributed by atoms with Crippen molar-refractivity contribution in [3.8, 4) is 0 Å². The van der Waals surface area contributed by atoms with E-state index in [2.05, 4.69) is 10.6 Å². The first-order valence-electron chi connectivity index (χ1n) is 8.64. The highest BCUT2D eigenvalue weighted by atomic mass is 32.2. The second-order valence-electron chi connectivity index (χ2n) is 6.54. The summed E-state index contributed by atoms with van der Waals surface area (Å²) in [7, 11) is -3.70. The molecule has 1 saturated heterocycles. The van der Waals surface area contributed by atoms with Crippen LogP contribution in [0.3, 0.4) is 0 Å². The number of benzene rings is 2. The second-order valence-corrected chi connectivity index (χ2v) is 8.10. The van der Waals surface area contributed by atoms with Gasteiger partial charge in [0.25, 0.3) is 5.91 Å². The summed E-state index contributed by atoms with van der Waals surface area (Å²) in [5.74, 6) is 0.354. The Bertz CT molecular complexity index is 856. The SMILES string of the molecule is NS(=O)(=O)c1ccc(CNC(=O)c2ccc(C3CCCNC3)cc2)cc1. The molecule has 0 bridgehead atoms. The predicted octanol–water partition coefficient (Wildman–Crippen LogP) is 1.73. The van der Waals surface area contributed by atoms with E-state index in [0.29, 0.717) is 18.0 Å². The fourth-order valence-corrected chi connectivity index (χ4v) is 3.64. The third-order valence-corrected chi connectivity index (χ3v) is 5.58. The van der Waals surface area contributed by atoms with Crippen LogP contribution >= 0.6 is 0 Å². The van der Waals surface area contributed by atoms with Crippen molar-refractivity contribution in [2.24, 2.45) is 5.14 Å². The van der Waals surface area contributed by atoms with Crippen LogP contribution in [0.4, 0.5) is 0 Å². The third kappa shape index (κ3) is 4.69. The van der Waals surface area contributed by atoms with Crippen molar-refractivity contribution in [3.05, 3.63) is 65.2 Å². The highest BCUT2D eigenvalue weighted by Gasteiger charge is 2.15. The molecular formula is C19H23N3O3S. The van der Waals surface area contributed by atoms with Crippen LogP contribution in [0.25, 0.3) is 0 Å². The van der Waals surface area contributed by atoms with Gasteiger partial charge in [0.05, 0.1) is 4.90 Å². The van der Waals surface area contributed by atoms with Gasteiger partial charge in [-0.15, -0.1) is 0 Å². The topological polar surface area (TPSA) is 101 Å². The highest BCUT2D eigenvalue weighted by Crippen LogP contribution is 2.23. The molecule has 4 N–H and O–H groups in total. The van der Waals surface area contributed by atoms with Crippen LogP contribution in [-0.2, 0) is 16.6 Å². The van der Waals surface area contributed by atoms with E-state index in [4.69, 9.17) is 5.14 Å². The Morgan fingerprint density at radius 1 is 1.12 bits per heavy atom. The van der Waals surface area contributed by atoms with Gasteiger partial charge in [-0.1, -0.05) is 24.3 Å². The summed E-state index contributed by atoms with van der Waals surface area (Å²) >= 11 is 0. The third-order valence-electron chi connectivity index (χ3n) is 4.65. The van der Waals surface area contributed by atoms with Gasteiger partial charge in [0, 0.05) is 18.7 Å². The van der Waals surface area contributed by atoms with Gasteiger partial charge in [-0.25, -0.2) is 13.6 Å². The summed E-state index contributed by atoms with van der Waals surface area (Å²) < 4.78 is 22.5.